The number of benzene rings is 1. The number of carboxylic acids is 1. The SMILES string of the molecule is O=C(O)CCCNC(=O)Nc1ccc2c(c1)OCO2. The first-order valence-electron chi connectivity index (χ1n) is 5.81. The fourth-order valence-electron chi connectivity index (χ4n) is 1.59. The highest BCUT2D eigenvalue weighted by molar-refractivity contribution is 5.89. The van der Waals surface area contributed by atoms with E-state index in [4.69, 9.17) is 14.6 Å². The van der Waals surface area contributed by atoms with Crippen molar-refractivity contribution in [3.8, 4) is 11.5 Å². The van der Waals surface area contributed by atoms with Gasteiger partial charge in [0.2, 0.25) is 6.79 Å². The number of anilines is 1. The Labute approximate surface area is 109 Å². The summed E-state index contributed by atoms with van der Waals surface area (Å²) >= 11 is 0. The molecular weight excluding hydrogens is 252 g/mol. The maximum atomic E-state index is 11.5. The number of carbonyl (C=O) groups excluding carboxylic acids is 1. The fraction of sp³-hybridized carbons (Fsp3) is 0.333. The summed E-state index contributed by atoms with van der Waals surface area (Å²) < 4.78 is 10.3. The Morgan fingerprint density at radius 1 is 1.26 bits per heavy atom. The number of nitrogens with one attached hydrogen (secondary N) is 2. The van der Waals surface area contributed by atoms with Crippen molar-refractivity contribution in [2.45, 2.75) is 12.8 Å². The summed E-state index contributed by atoms with van der Waals surface area (Å²) in [6.07, 6.45) is 0.425. The molecule has 1 aromatic rings. The van der Waals surface area contributed by atoms with E-state index in [1.54, 1.807) is 18.2 Å². The molecule has 0 radical (unpaired) electrons. The summed E-state index contributed by atoms with van der Waals surface area (Å²) in [6, 6.07) is 4.69. The van der Waals surface area contributed by atoms with Gasteiger partial charge < -0.3 is 25.2 Å². The van der Waals surface area contributed by atoms with E-state index in [0.29, 0.717) is 30.2 Å². The molecule has 19 heavy (non-hydrogen) atoms. The molecule has 0 fully saturated rings. The van der Waals surface area contributed by atoms with Gasteiger partial charge in [0.15, 0.2) is 11.5 Å². The zero-order chi connectivity index (χ0) is 13.7. The van der Waals surface area contributed by atoms with Crippen LogP contribution < -0.4 is 20.1 Å². The van der Waals surface area contributed by atoms with Crippen molar-refractivity contribution in [1.29, 1.82) is 0 Å². The normalized spacial score (nSPS) is 12.0. The molecule has 2 rings (SSSR count). The Bertz CT molecular complexity index is 489. The topological polar surface area (TPSA) is 96.9 Å². The van der Waals surface area contributed by atoms with Gasteiger partial charge in [0.1, 0.15) is 0 Å². The zero-order valence-electron chi connectivity index (χ0n) is 10.1. The van der Waals surface area contributed by atoms with E-state index in [1.807, 2.05) is 0 Å². The third kappa shape index (κ3) is 3.77. The average molecular weight is 266 g/mol. The molecule has 0 spiro atoms. The monoisotopic (exact) mass is 266 g/mol. The van der Waals surface area contributed by atoms with Crippen LogP contribution in [-0.4, -0.2) is 30.4 Å². The van der Waals surface area contributed by atoms with Crippen LogP contribution in [0.3, 0.4) is 0 Å². The van der Waals surface area contributed by atoms with E-state index in [2.05, 4.69) is 10.6 Å². The first-order chi connectivity index (χ1) is 9.15. The summed E-state index contributed by atoms with van der Waals surface area (Å²) in [5.41, 5.74) is 0.583. The lowest BCUT2D eigenvalue weighted by Crippen LogP contribution is -2.29. The van der Waals surface area contributed by atoms with Gasteiger partial charge in [0.25, 0.3) is 0 Å². The van der Waals surface area contributed by atoms with Crippen molar-refractivity contribution in [2.24, 2.45) is 0 Å². The molecule has 0 unspecified atom stereocenters. The second kappa shape index (κ2) is 5.94. The number of carbonyl (C=O) groups is 2. The number of hydrogen-bond acceptors (Lipinski definition) is 4. The standard InChI is InChI=1S/C12H14N2O5/c15-11(16)2-1-5-13-12(17)14-8-3-4-9-10(6-8)19-7-18-9/h3-4,6H,1-2,5,7H2,(H,15,16)(H2,13,14,17). The van der Waals surface area contributed by atoms with Crippen LogP contribution in [-0.2, 0) is 4.79 Å². The maximum absolute atomic E-state index is 11.5. The van der Waals surface area contributed by atoms with Gasteiger partial charge >= 0.3 is 12.0 Å². The Kier molecular flexibility index (Phi) is 4.07. The summed E-state index contributed by atoms with van der Waals surface area (Å²) in [5.74, 6) is 0.356. The average Bonchev–Trinajstić information content (AvgIpc) is 2.82. The van der Waals surface area contributed by atoms with Crippen molar-refractivity contribution in [3.63, 3.8) is 0 Å². The first kappa shape index (κ1) is 13.0. The molecule has 1 aliphatic rings. The predicted molar refractivity (Wildman–Crippen MR) is 66.5 cm³/mol. The van der Waals surface area contributed by atoms with E-state index in [0.717, 1.165) is 0 Å². The number of fused-ring (bicyclic) bond motifs is 1. The number of ether oxygens (including phenoxy) is 2. The van der Waals surface area contributed by atoms with Crippen molar-refractivity contribution in [2.75, 3.05) is 18.7 Å². The molecule has 1 heterocycles. The molecule has 7 nitrogen and oxygen atoms in total. The van der Waals surface area contributed by atoms with Crippen LogP contribution >= 0.6 is 0 Å². The lowest BCUT2D eigenvalue weighted by molar-refractivity contribution is -0.137. The Morgan fingerprint density at radius 2 is 2.05 bits per heavy atom. The lowest BCUT2D eigenvalue weighted by atomic mass is 10.3. The van der Waals surface area contributed by atoms with Gasteiger partial charge in [-0.2, -0.15) is 0 Å². The molecule has 1 aliphatic heterocycles. The molecule has 3 N–H and O–H groups in total. The molecular formula is C12H14N2O5. The van der Waals surface area contributed by atoms with Gasteiger partial charge in [0.05, 0.1) is 0 Å². The van der Waals surface area contributed by atoms with Crippen LogP contribution in [0.15, 0.2) is 18.2 Å². The minimum absolute atomic E-state index is 0.0320. The zero-order valence-corrected chi connectivity index (χ0v) is 10.1. The second-order valence-electron chi connectivity index (χ2n) is 3.95. The smallest absolute Gasteiger partial charge is 0.319 e. The van der Waals surface area contributed by atoms with Crippen molar-refractivity contribution in [3.05, 3.63) is 18.2 Å². The molecule has 0 atom stereocenters. The number of amides is 2. The molecule has 7 heteroatoms. The Hall–Kier alpha value is -2.44. The maximum Gasteiger partial charge on any atom is 0.319 e. The third-order valence-electron chi connectivity index (χ3n) is 2.48. The molecule has 0 saturated heterocycles. The highest BCUT2D eigenvalue weighted by Crippen LogP contribution is 2.34. The van der Waals surface area contributed by atoms with Crippen LogP contribution in [0.4, 0.5) is 10.5 Å². The summed E-state index contributed by atoms with van der Waals surface area (Å²) in [5, 5.41) is 13.6. The summed E-state index contributed by atoms with van der Waals surface area (Å²) in [4.78, 5) is 21.8. The minimum Gasteiger partial charge on any atom is -0.481 e. The van der Waals surface area contributed by atoms with Gasteiger partial charge in [-0.25, -0.2) is 4.79 Å². The number of urea groups is 1. The molecule has 0 aliphatic carbocycles. The molecule has 0 bridgehead atoms. The van der Waals surface area contributed by atoms with E-state index in [-0.39, 0.29) is 19.2 Å². The van der Waals surface area contributed by atoms with E-state index < -0.39 is 5.97 Å². The molecule has 0 saturated carbocycles. The number of carboxylic acid groups (broad SMARTS) is 1. The molecule has 1 aromatic carbocycles. The fourth-order valence-corrected chi connectivity index (χ4v) is 1.59. The third-order valence-corrected chi connectivity index (χ3v) is 2.48. The van der Waals surface area contributed by atoms with Crippen LogP contribution in [0.5, 0.6) is 11.5 Å². The highest BCUT2D eigenvalue weighted by Gasteiger charge is 2.13. The predicted octanol–water partition coefficient (Wildman–Crippen LogP) is 1.40. The van der Waals surface area contributed by atoms with Gasteiger partial charge in [-0.05, 0) is 18.6 Å². The summed E-state index contributed by atoms with van der Waals surface area (Å²) in [7, 11) is 0. The van der Waals surface area contributed by atoms with Crippen molar-refractivity contribution in [1.82, 2.24) is 5.32 Å². The van der Waals surface area contributed by atoms with Crippen molar-refractivity contribution < 1.29 is 24.2 Å². The molecule has 0 aromatic heterocycles. The number of aliphatic carboxylic acids is 1. The van der Waals surface area contributed by atoms with Crippen LogP contribution in [0.1, 0.15) is 12.8 Å². The quantitative estimate of drug-likeness (QED) is 0.700. The minimum atomic E-state index is -0.877. The van der Waals surface area contributed by atoms with Crippen LogP contribution in [0.2, 0.25) is 0 Å². The first-order valence-corrected chi connectivity index (χ1v) is 5.81. The highest BCUT2D eigenvalue weighted by atomic mass is 16.7. The number of rotatable bonds is 5. The van der Waals surface area contributed by atoms with E-state index in [1.165, 1.54) is 0 Å². The van der Waals surface area contributed by atoms with Crippen LogP contribution in [0, 0.1) is 0 Å². The van der Waals surface area contributed by atoms with Gasteiger partial charge in [-0.15, -0.1) is 0 Å². The number of hydrogen-bond donors (Lipinski definition) is 3. The second-order valence-corrected chi connectivity index (χ2v) is 3.95. The largest absolute Gasteiger partial charge is 0.481 e. The van der Waals surface area contributed by atoms with Crippen LogP contribution in [0.25, 0.3) is 0 Å². The van der Waals surface area contributed by atoms with Gasteiger partial charge in [-0.3, -0.25) is 4.79 Å². The van der Waals surface area contributed by atoms with Gasteiger partial charge in [-0.1, -0.05) is 0 Å². The Balaban J connectivity index is 1.77. The Morgan fingerprint density at radius 3 is 2.84 bits per heavy atom. The molecule has 2 amide bonds. The van der Waals surface area contributed by atoms with Gasteiger partial charge in [0, 0.05) is 24.7 Å². The lowest BCUT2D eigenvalue weighted by Gasteiger charge is -2.07. The van der Waals surface area contributed by atoms with E-state index in [9.17, 15) is 9.59 Å². The van der Waals surface area contributed by atoms with E-state index >= 15 is 0 Å². The van der Waals surface area contributed by atoms with Crippen molar-refractivity contribution >= 4 is 17.7 Å². The molecule has 102 valence electrons. The summed E-state index contributed by atoms with van der Waals surface area (Å²) in [6.45, 7) is 0.489.